The molecule has 2 N–H and O–H groups in total. The van der Waals surface area contributed by atoms with Gasteiger partial charge in [0.2, 0.25) is 0 Å². The molecule has 0 fully saturated rings. The van der Waals surface area contributed by atoms with Gasteiger partial charge in [-0.3, -0.25) is 0 Å². The molecule has 0 unspecified atom stereocenters. The number of nitrogens with one attached hydrogen (secondary N) is 2. The third-order valence-electron chi connectivity index (χ3n) is 1.43. The van der Waals surface area contributed by atoms with Crippen LogP contribution in [-0.2, 0) is 14.3 Å². The van der Waals surface area contributed by atoms with Gasteiger partial charge in [-0.2, -0.15) is 0 Å². The highest BCUT2D eigenvalue weighted by Crippen LogP contribution is 1.80. The van der Waals surface area contributed by atoms with Gasteiger partial charge < -0.3 is 24.9 Å². The first-order chi connectivity index (χ1) is 7.56. The summed E-state index contributed by atoms with van der Waals surface area (Å²) >= 11 is 0. The molecular weight excluding hydrogens is 215 g/mol. The number of alkyl carbamates (subject to hydrolysis) is 2. The molecule has 0 saturated carbocycles. The fourth-order valence-corrected chi connectivity index (χ4v) is 0.708. The molecule has 0 aliphatic heterocycles. The second-order valence-electron chi connectivity index (χ2n) is 2.70. The monoisotopic (exact) mass is 228 g/mol. The van der Waals surface area contributed by atoms with Crippen LogP contribution in [0, 0.1) is 0 Å². The molecule has 0 spiro atoms. The minimum Gasteiger partial charge on any atom is -0.453 e. The molecule has 16 heavy (non-hydrogen) atoms. The van der Waals surface area contributed by atoms with Crippen molar-refractivity contribution in [3.8, 4) is 0 Å². The average molecular weight is 228 g/mol. The number of hydrogen-bond donors (Lipinski definition) is 2. The van der Waals surface area contributed by atoms with Crippen LogP contribution >= 0.6 is 0 Å². The molecule has 8 heteroatoms. The molecule has 0 saturated heterocycles. The molecule has 0 rings (SSSR count). The van der Waals surface area contributed by atoms with Gasteiger partial charge in [0, 0.05) is 13.0 Å². The van der Waals surface area contributed by atoms with E-state index in [2.05, 4.69) is 20.1 Å². The number of methoxy groups -OCH3 is 1. The van der Waals surface area contributed by atoms with Crippen molar-refractivity contribution in [2.45, 2.75) is 6.42 Å². The number of rotatable bonds is 6. The molecular formula is C8H13BN2O5. The van der Waals surface area contributed by atoms with E-state index in [9.17, 15) is 14.4 Å². The van der Waals surface area contributed by atoms with Crippen LogP contribution in [-0.4, -0.2) is 52.5 Å². The van der Waals surface area contributed by atoms with E-state index < -0.39 is 17.9 Å². The molecule has 2 amide bonds. The summed E-state index contributed by atoms with van der Waals surface area (Å²) in [6, 6.07) is 0. The highest BCUT2D eigenvalue weighted by molar-refractivity contribution is 6.57. The lowest BCUT2D eigenvalue weighted by atomic mass is 10.00. The molecule has 0 bridgehead atoms. The maximum Gasteiger partial charge on any atom is 0.407 e. The van der Waals surface area contributed by atoms with Gasteiger partial charge in [0.1, 0.15) is 6.61 Å². The van der Waals surface area contributed by atoms with E-state index in [4.69, 9.17) is 7.85 Å². The maximum absolute atomic E-state index is 10.9. The van der Waals surface area contributed by atoms with Gasteiger partial charge in [-0.25, -0.2) is 9.59 Å². The Morgan fingerprint density at radius 3 is 2.31 bits per heavy atom. The first kappa shape index (κ1) is 14.3. The Kier molecular flexibility index (Phi) is 7.65. The van der Waals surface area contributed by atoms with E-state index in [1.54, 1.807) is 0 Å². The lowest BCUT2D eigenvalue weighted by Crippen LogP contribution is -2.31. The van der Waals surface area contributed by atoms with E-state index in [1.165, 1.54) is 7.11 Å². The Morgan fingerprint density at radius 2 is 1.75 bits per heavy atom. The molecule has 2 radical (unpaired) electrons. The van der Waals surface area contributed by atoms with Gasteiger partial charge in [0.25, 0.3) is 0 Å². The second kappa shape index (κ2) is 8.57. The van der Waals surface area contributed by atoms with E-state index in [-0.39, 0.29) is 26.1 Å². The van der Waals surface area contributed by atoms with Crippen molar-refractivity contribution in [1.82, 2.24) is 10.6 Å². The van der Waals surface area contributed by atoms with Crippen LogP contribution in [0.15, 0.2) is 0 Å². The van der Waals surface area contributed by atoms with E-state index >= 15 is 0 Å². The summed E-state index contributed by atoms with van der Waals surface area (Å²) in [7, 11) is 6.09. The van der Waals surface area contributed by atoms with Gasteiger partial charge in [-0.15, -0.1) is 0 Å². The summed E-state index contributed by atoms with van der Waals surface area (Å²) in [6.45, 7) is 0.284. The Morgan fingerprint density at radius 1 is 1.12 bits per heavy atom. The number of ether oxygens (including phenoxy) is 2. The normalized spacial score (nSPS) is 9.06. The van der Waals surface area contributed by atoms with Crippen molar-refractivity contribution in [3.05, 3.63) is 0 Å². The predicted molar refractivity (Wildman–Crippen MR) is 55.1 cm³/mol. The van der Waals surface area contributed by atoms with Crippen molar-refractivity contribution in [2.75, 3.05) is 26.8 Å². The molecule has 0 aromatic carbocycles. The first-order valence-electron chi connectivity index (χ1n) is 4.57. The Bertz CT molecular complexity index is 259. The minimum atomic E-state index is -0.673. The van der Waals surface area contributed by atoms with Gasteiger partial charge >= 0.3 is 12.2 Å². The molecule has 0 aromatic rings. The quantitative estimate of drug-likeness (QED) is 0.456. The summed E-state index contributed by atoms with van der Waals surface area (Å²) in [5.41, 5.74) is -0.507. The number of carbonyl (C=O) groups excluding carboxylic acids is 3. The third kappa shape index (κ3) is 8.85. The average Bonchev–Trinajstić information content (AvgIpc) is 2.23. The van der Waals surface area contributed by atoms with Crippen molar-refractivity contribution in [2.24, 2.45) is 0 Å². The van der Waals surface area contributed by atoms with Crippen LogP contribution < -0.4 is 10.6 Å². The van der Waals surface area contributed by atoms with Crippen molar-refractivity contribution < 1.29 is 23.9 Å². The fraction of sp³-hybridized carbons (Fsp3) is 0.625. The summed E-state index contributed by atoms with van der Waals surface area (Å²) in [5, 5.41) is 4.63. The highest BCUT2D eigenvalue weighted by Gasteiger charge is 2.02. The largest absolute Gasteiger partial charge is 0.453 e. The third-order valence-corrected chi connectivity index (χ3v) is 1.43. The van der Waals surface area contributed by atoms with Gasteiger partial charge in [0.05, 0.1) is 19.3 Å². The Balaban J connectivity index is 3.37. The number of carbonyl (C=O) groups is 3. The van der Waals surface area contributed by atoms with Gasteiger partial charge in [-0.1, -0.05) is 0 Å². The van der Waals surface area contributed by atoms with Gasteiger partial charge in [-0.05, 0) is 0 Å². The molecule has 7 nitrogen and oxygen atoms in total. The molecule has 0 aromatic heterocycles. The smallest absolute Gasteiger partial charge is 0.407 e. The zero-order chi connectivity index (χ0) is 12.4. The molecule has 0 aliphatic carbocycles. The summed E-state index contributed by atoms with van der Waals surface area (Å²) < 4.78 is 8.94. The zero-order valence-corrected chi connectivity index (χ0v) is 8.95. The SMILES string of the molecule is [B]C(=O)CCNC(=O)OCCNC(=O)OC. The van der Waals surface area contributed by atoms with E-state index in [0.717, 1.165) is 0 Å². The van der Waals surface area contributed by atoms with Crippen LogP contribution in [0.3, 0.4) is 0 Å². The standard InChI is InChI=1S/C8H13BN2O5/c1-15-7(13)11-4-5-16-8(14)10-3-2-6(9)12/h2-5H2,1H3,(H,10,14)(H,11,13). The fourth-order valence-electron chi connectivity index (χ4n) is 0.708. The van der Waals surface area contributed by atoms with Crippen molar-refractivity contribution in [3.63, 3.8) is 0 Å². The zero-order valence-electron chi connectivity index (χ0n) is 8.95. The predicted octanol–water partition coefficient (Wildman–Crippen LogP) is -0.846. The molecule has 88 valence electrons. The lowest BCUT2D eigenvalue weighted by Gasteiger charge is -2.06. The van der Waals surface area contributed by atoms with Gasteiger partial charge in [0.15, 0.2) is 7.85 Å². The number of hydrogen-bond acceptors (Lipinski definition) is 5. The van der Waals surface area contributed by atoms with E-state index in [1.807, 2.05) is 0 Å². The van der Waals surface area contributed by atoms with Crippen LogP contribution in [0.25, 0.3) is 0 Å². The summed E-state index contributed by atoms with van der Waals surface area (Å²) in [6.07, 6.45) is -1.22. The summed E-state index contributed by atoms with van der Waals surface area (Å²) in [4.78, 5) is 31.8. The first-order valence-corrected chi connectivity index (χ1v) is 4.57. The maximum atomic E-state index is 10.9. The lowest BCUT2D eigenvalue weighted by molar-refractivity contribution is -0.111. The molecule has 0 atom stereocenters. The van der Waals surface area contributed by atoms with E-state index in [0.29, 0.717) is 0 Å². The Hall–Kier alpha value is -1.73. The van der Waals surface area contributed by atoms with Crippen LogP contribution in [0.4, 0.5) is 9.59 Å². The Labute approximate surface area is 94.3 Å². The van der Waals surface area contributed by atoms with Crippen LogP contribution in [0.2, 0.25) is 0 Å². The molecule has 0 aliphatic rings. The van der Waals surface area contributed by atoms with Crippen molar-refractivity contribution in [1.29, 1.82) is 0 Å². The second-order valence-corrected chi connectivity index (χ2v) is 2.70. The molecule has 0 heterocycles. The topological polar surface area (TPSA) is 93.7 Å². The van der Waals surface area contributed by atoms with Crippen LogP contribution in [0.1, 0.15) is 6.42 Å². The minimum absolute atomic E-state index is 0.0114. The number of amides is 2. The van der Waals surface area contributed by atoms with Crippen molar-refractivity contribution >= 4 is 25.7 Å². The highest BCUT2D eigenvalue weighted by atomic mass is 16.6. The summed E-state index contributed by atoms with van der Waals surface area (Å²) in [5.74, 6) is 0. The van der Waals surface area contributed by atoms with Crippen LogP contribution in [0.5, 0.6) is 0 Å².